The average molecular weight is 382 g/mol. The van der Waals surface area contributed by atoms with Crippen molar-refractivity contribution >= 4 is 33.4 Å². The predicted molar refractivity (Wildman–Crippen MR) is 107 cm³/mol. The molecule has 0 aliphatic heterocycles. The third kappa shape index (κ3) is 4.17. The van der Waals surface area contributed by atoms with E-state index < -0.39 is 0 Å². The van der Waals surface area contributed by atoms with Crippen LogP contribution >= 0.6 is 11.3 Å². The van der Waals surface area contributed by atoms with Gasteiger partial charge in [-0.15, -0.1) is 0 Å². The second kappa shape index (κ2) is 7.88. The van der Waals surface area contributed by atoms with Gasteiger partial charge >= 0.3 is 5.97 Å². The zero-order valence-electron chi connectivity index (χ0n) is 15.9. The zero-order chi connectivity index (χ0) is 19.6. The van der Waals surface area contributed by atoms with Crippen LogP contribution in [0.2, 0.25) is 0 Å². The Morgan fingerprint density at radius 1 is 1.07 bits per heavy atom. The number of carbonyl (C=O) groups is 2. The number of amides is 1. The number of aryl methyl sites for hydroxylation is 3. The van der Waals surface area contributed by atoms with Crippen molar-refractivity contribution in [3.63, 3.8) is 0 Å². The SMILES string of the molecule is CCOC(=O)Cn1c(=NC(=O)c2ccc(C)cc2)sc2cc(C)c(C)cc21. The monoisotopic (exact) mass is 382 g/mol. The number of hydrogen-bond donors (Lipinski definition) is 0. The molecule has 1 heterocycles. The summed E-state index contributed by atoms with van der Waals surface area (Å²) in [4.78, 5) is 29.5. The summed E-state index contributed by atoms with van der Waals surface area (Å²) < 4.78 is 7.84. The normalized spacial score (nSPS) is 11.8. The molecule has 2 aromatic carbocycles. The van der Waals surface area contributed by atoms with E-state index in [-0.39, 0.29) is 18.4 Å². The van der Waals surface area contributed by atoms with Crippen LogP contribution in [0.4, 0.5) is 0 Å². The maximum Gasteiger partial charge on any atom is 0.326 e. The molecule has 0 N–H and O–H groups in total. The zero-order valence-corrected chi connectivity index (χ0v) is 16.7. The molecule has 0 bridgehead atoms. The minimum absolute atomic E-state index is 0.0242. The van der Waals surface area contributed by atoms with Gasteiger partial charge in [-0.05, 0) is 63.1 Å². The summed E-state index contributed by atoms with van der Waals surface area (Å²) in [5.74, 6) is -0.674. The minimum Gasteiger partial charge on any atom is -0.465 e. The summed E-state index contributed by atoms with van der Waals surface area (Å²) in [6.07, 6.45) is 0. The number of ether oxygens (including phenoxy) is 1. The molecule has 3 rings (SSSR count). The molecule has 0 aliphatic rings. The average Bonchev–Trinajstić information content (AvgIpc) is 2.92. The van der Waals surface area contributed by atoms with Crippen molar-refractivity contribution in [3.05, 3.63) is 63.5 Å². The lowest BCUT2D eigenvalue weighted by Crippen LogP contribution is -2.23. The highest BCUT2D eigenvalue weighted by Gasteiger charge is 2.14. The number of hydrogen-bond acceptors (Lipinski definition) is 4. The maximum atomic E-state index is 12.6. The van der Waals surface area contributed by atoms with E-state index in [1.807, 2.05) is 39.0 Å². The van der Waals surface area contributed by atoms with Gasteiger partial charge in [0.05, 0.1) is 16.8 Å². The quantitative estimate of drug-likeness (QED) is 0.642. The first kappa shape index (κ1) is 19.0. The molecular formula is C21H22N2O3S. The second-order valence-corrected chi connectivity index (χ2v) is 7.47. The number of carbonyl (C=O) groups excluding carboxylic acids is 2. The first-order chi connectivity index (χ1) is 12.9. The van der Waals surface area contributed by atoms with Gasteiger partial charge in [0.15, 0.2) is 4.80 Å². The maximum absolute atomic E-state index is 12.6. The second-order valence-electron chi connectivity index (χ2n) is 6.46. The van der Waals surface area contributed by atoms with Crippen LogP contribution in [0.25, 0.3) is 10.2 Å². The molecule has 0 spiro atoms. The van der Waals surface area contributed by atoms with Gasteiger partial charge in [-0.25, -0.2) is 0 Å². The van der Waals surface area contributed by atoms with E-state index in [0.717, 1.165) is 26.9 Å². The van der Waals surface area contributed by atoms with E-state index in [1.165, 1.54) is 11.3 Å². The van der Waals surface area contributed by atoms with E-state index >= 15 is 0 Å². The van der Waals surface area contributed by atoms with Gasteiger partial charge in [-0.1, -0.05) is 29.0 Å². The van der Waals surface area contributed by atoms with Crippen molar-refractivity contribution in [2.75, 3.05) is 6.61 Å². The van der Waals surface area contributed by atoms with Gasteiger partial charge in [0.1, 0.15) is 6.54 Å². The molecule has 0 aliphatic carbocycles. The Hall–Kier alpha value is -2.73. The van der Waals surface area contributed by atoms with Crippen molar-refractivity contribution in [1.82, 2.24) is 4.57 Å². The molecule has 5 nitrogen and oxygen atoms in total. The van der Waals surface area contributed by atoms with Crippen LogP contribution in [0, 0.1) is 20.8 Å². The summed E-state index contributed by atoms with van der Waals surface area (Å²) in [6.45, 7) is 8.14. The Balaban J connectivity index is 2.13. The molecule has 0 atom stereocenters. The molecule has 1 amide bonds. The molecule has 3 aromatic rings. The summed E-state index contributed by atoms with van der Waals surface area (Å²) in [7, 11) is 0. The summed E-state index contributed by atoms with van der Waals surface area (Å²) in [5.41, 5.74) is 4.76. The van der Waals surface area contributed by atoms with Crippen molar-refractivity contribution in [3.8, 4) is 0 Å². The smallest absolute Gasteiger partial charge is 0.326 e. The van der Waals surface area contributed by atoms with E-state index in [0.29, 0.717) is 17.0 Å². The molecule has 27 heavy (non-hydrogen) atoms. The first-order valence-corrected chi connectivity index (χ1v) is 9.62. The number of rotatable bonds is 4. The Bertz CT molecular complexity index is 1080. The van der Waals surface area contributed by atoms with Crippen LogP contribution < -0.4 is 4.80 Å². The molecular weight excluding hydrogens is 360 g/mol. The Morgan fingerprint density at radius 2 is 1.74 bits per heavy atom. The van der Waals surface area contributed by atoms with Crippen molar-refractivity contribution < 1.29 is 14.3 Å². The first-order valence-electron chi connectivity index (χ1n) is 8.81. The third-order valence-corrected chi connectivity index (χ3v) is 5.43. The number of thiazole rings is 1. The van der Waals surface area contributed by atoms with E-state index in [9.17, 15) is 9.59 Å². The molecule has 140 valence electrons. The Morgan fingerprint density at radius 3 is 2.41 bits per heavy atom. The van der Waals surface area contributed by atoms with Gasteiger partial charge in [0.25, 0.3) is 5.91 Å². The fourth-order valence-electron chi connectivity index (χ4n) is 2.74. The highest BCUT2D eigenvalue weighted by Crippen LogP contribution is 2.22. The Kier molecular flexibility index (Phi) is 5.56. The van der Waals surface area contributed by atoms with E-state index in [1.54, 1.807) is 23.6 Å². The van der Waals surface area contributed by atoms with Crippen molar-refractivity contribution in [2.24, 2.45) is 4.99 Å². The summed E-state index contributed by atoms with van der Waals surface area (Å²) in [6, 6.07) is 11.4. The highest BCUT2D eigenvalue weighted by molar-refractivity contribution is 7.16. The molecule has 0 fully saturated rings. The third-order valence-electron chi connectivity index (χ3n) is 4.39. The molecule has 0 unspecified atom stereocenters. The standard InChI is InChI=1S/C21H22N2O3S/c1-5-26-19(24)12-23-17-10-14(3)15(4)11-18(17)27-21(23)22-20(25)16-8-6-13(2)7-9-16/h6-11H,5,12H2,1-4H3. The topological polar surface area (TPSA) is 60.7 Å². The number of aromatic nitrogens is 1. The van der Waals surface area contributed by atoms with Crippen molar-refractivity contribution in [2.45, 2.75) is 34.2 Å². The van der Waals surface area contributed by atoms with Gasteiger partial charge in [-0.3, -0.25) is 9.59 Å². The lowest BCUT2D eigenvalue weighted by atomic mass is 10.1. The lowest BCUT2D eigenvalue weighted by molar-refractivity contribution is -0.143. The van der Waals surface area contributed by atoms with Crippen LogP contribution in [0.3, 0.4) is 0 Å². The number of nitrogens with zero attached hydrogens (tertiary/aromatic N) is 2. The van der Waals surface area contributed by atoms with Gasteiger partial charge in [-0.2, -0.15) is 4.99 Å². The van der Waals surface area contributed by atoms with Gasteiger partial charge in [0, 0.05) is 5.56 Å². The van der Waals surface area contributed by atoms with Crippen LogP contribution in [-0.2, 0) is 16.1 Å². The van der Waals surface area contributed by atoms with Gasteiger partial charge < -0.3 is 9.30 Å². The van der Waals surface area contributed by atoms with Gasteiger partial charge in [0.2, 0.25) is 0 Å². The minimum atomic E-state index is -0.348. The van der Waals surface area contributed by atoms with E-state index in [4.69, 9.17) is 4.74 Å². The van der Waals surface area contributed by atoms with Crippen molar-refractivity contribution in [1.29, 1.82) is 0 Å². The molecule has 1 aromatic heterocycles. The summed E-state index contributed by atoms with van der Waals surface area (Å²) >= 11 is 1.40. The predicted octanol–water partition coefficient (Wildman–Crippen LogP) is 3.93. The Labute approximate surface area is 161 Å². The largest absolute Gasteiger partial charge is 0.465 e. The fraction of sp³-hybridized carbons (Fsp3) is 0.286. The number of fused-ring (bicyclic) bond motifs is 1. The van der Waals surface area contributed by atoms with Crippen LogP contribution in [-0.4, -0.2) is 23.1 Å². The van der Waals surface area contributed by atoms with Crippen LogP contribution in [0.15, 0.2) is 41.4 Å². The fourth-order valence-corrected chi connectivity index (χ4v) is 3.85. The molecule has 0 saturated heterocycles. The molecule has 0 saturated carbocycles. The number of benzene rings is 2. The molecule has 0 radical (unpaired) electrons. The van der Waals surface area contributed by atoms with Crippen LogP contribution in [0.5, 0.6) is 0 Å². The number of esters is 1. The highest BCUT2D eigenvalue weighted by atomic mass is 32.1. The van der Waals surface area contributed by atoms with Crippen LogP contribution in [0.1, 0.15) is 34.0 Å². The lowest BCUT2D eigenvalue weighted by Gasteiger charge is -2.06. The van der Waals surface area contributed by atoms with E-state index in [2.05, 4.69) is 11.1 Å². The summed E-state index contributed by atoms with van der Waals surface area (Å²) in [5, 5.41) is 0. The molecule has 6 heteroatoms.